The van der Waals surface area contributed by atoms with Gasteiger partial charge in [-0.15, -0.1) is 11.3 Å². The standard InChI is InChI=1S/C26H25N3O4S2/c1-3-29(23-7-5-4-6-8-23)35(31,32)24-15-11-20(12-16-24)25(30)33-17-22-18-34-26(28-22)27-21-13-9-19(2)10-14-21/h4-16,18H,3,17H2,1-2H3,(H,27,28). The Balaban J connectivity index is 1.38. The third kappa shape index (κ3) is 5.87. The average molecular weight is 508 g/mol. The molecule has 0 aliphatic carbocycles. The summed E-state index contributed by atoms with van der Waals surface area (Å²) < 4.78 is 32.9. The molecule has 9 heteroatoms. The van der Waals surface area contributed by atoms with Gasteiger partial charge in [0.2, 0.25) is 0 Å². The molecule has 1 heterocycles. The molecule has 0 aliphatic rings. The summed E-state index contributed by atoms with van der Waals surface area (Å²) >= 11 is 1.42. The molecule has 0 bridgehead atoms. The van der Waals surface area contributed by atoms with Crippen molar-refractivity contribution in [2.45, 2.75) is 25.3 Å². The number of hydrogen-bond donors (Lipinski definition) is 1. The van der Waals surface area contributed by atoms with Crippen molar-refractivity contribution in [2.24, 2.45) is 0 Å². The molecule has 1 N–H and O–H groups in total. The molecule has 0 saturated carbocycles. The number of aryl methyl sites for hydroxylation is 1. The zero-order valence-electron chi connectivity index (χ0n) is 19.3. The Kier molecular flexibility index (Phi) is 7.48. The average Bonchev–Trinajstić information content (AvgIpc) is 3.32. The fourth-order valence-electron chi connectivity index (χ4n) is 3.39. The molecule has 3 aromatic carbocycles. The molecule has 0 aliphatic heterocycles. The van der Waals surface area contributed by atoms with Crippen molar-refractivity contribution in [3.63, 3.8) is 0 Å². The molecular formula is C26H25N3O4S2. The number of para-hydroxylation sites is 1. The van der Waals surface area contributed by atoms with Gasteiger partial charge in [0.25, 0.3) is 10.0 Å². The Morgan fingerprint density at radius 1 is 1.00 bits per heavy atom. The summed E-state index contributed by atoms with van der Waals surface area (Å²) in [6.07, 6.45) is 0. The molecule has 7 nitrogen and oxygen atoms in total. The van der Waals surface area contributed by atoms with E-state index >= 15 is 0 Å². The van der Waals surface area contributed by atoms with Crippen LogP contribution < -0.4 is 9.62 Å². The molecule has 180 valence electrons. The zero-order chi connectivity index (χ0) is 24.8. The Hall–Kier alpha value is -3.69. The van der Waals surface area contributed by atoms with Crippen LogP contribution in [0.3, 0.4) is 0 Å². The number of ether oxygens (including phenoxy) is 1. The number of rotatable bonds is 9. The van der Waals surface area contributed by atoms with Crippen LogP contribution in [-0.4, -0.2) is 25.9 Å². The highest BCUT2D eigenvalue weighted by Crippen LogP contribution is 2.24. The number of anilines is 3. The van der Waals surface area contributed by atoms with Gasteiger partial charge < -0.3 is 10.1 Å². The lowest BCUT2D eigenvalue weighted by molar-refractivity contribution is 0.0468. The molecule has 0 amide bonds. The lowest BCUT2D eigenvalue weighted by atomic mass is 10.2. The van der Waals surface area contributed by atoms with Gasteiger partial charge >= 0.3 is 5.97 Å². The summed E-state index contributed by atoms with van der Waals surface area (Å²) in [4.78, 5) is 17.0. The molecule has 0 unspecified atom stereocenters. The highest BCUT2D eigenvalue weighted by atomic mass is 32.2. The number of hydrogen-bond acceptors (Lipinski definition) is 7. The Bertz CT molecular complexity index is 1380. The number of carbonyl (C=O) groups is 1. The van der Waals surface area contributed by atoms with Gasteiger partial charge in [0.15, 0.2) is 5.13 Å². The SMILES string of the molecule is CCN(c1ccccc1)S(=O)(=O)c1ccc(C(=O)OCc2csc(Nc3ccc(C)cc3)n2)cc1. The Morgan fingerprint density at radius 3 is 2.34 bits per heavy atom. The van der Waals surface area contributed by atoms with Crippen LogP contribution in [0.2, 0.25) is 0 Å². The van der Waals surface area contributed by atoms with E-state index in [0.717, 1.165) is 5.69 Å². The number of nitrogens with one attached hydrogen (secondary N) is 1. The summed E-state index contributed by atoms with van der Waals surface area (Å²) in [5.74, 6) is -0.551. The minimum absolute atomic E-state index is 0.0164. The minimum atomic E-state index is -3.76. The smallest absolute Gasteiger partial charge is 0.338 e. The van der Waals surface area contributed by atoms with E-state index in [2.05, 4.69) is 10.3 Å². The van der Waals surface area contributed by atoms with Crippen LogP contribution in [-0.2, 0) is 21.4 Å². The second kappa shape index (κ2) is 10.7. The Labute approximate surface area is 209 Å². The fraction of sp³-hybridized carbons (Fsp3) is 0.154. The zero-order valence-corrected chi connectivity index (χ0v) is 21.0. The van der Waals surface area contributed by atoms with Crippen LogP contribution >= 0.6 is 11.3 Å². The summed E-state index contributed by atoms with van der Waals surface area (Å²) in [5, 5.41) is 5.75. The summed E-state index contributed by atoms with van der Waals surface area (Å²) in [6, 6.07) is 22.6. The van der Waals surface area contributed by atoms with Gasteiger partial charge in [-0.3, -0.25) is 4.31 Å². The summed E-state index contributed by atoms with van der Waals surface area (Å²) in [6.45, 7) is 4.10. The Morgan fingerprint density at radius 2 is 1.69 bits per heavy atom. The lowest BCUT2D eigenvalue weighted by Crippen LogP contribution is -2.30. The third-order valence-corrected chi connectivity index (χ3v) is 7.94. The first kappa shape index (κ1) is 24.4. The number of sulfonamides is 1. The topological polar surface area (TPSA) is 88.6 Å². The molecule has 4 rings (SSSR count). The highest BCUT2D eigenvalue weighted by Gasteiger charge is 2.24. The molecule has 35 heavy (non-hydrogen) atoms. The maximum atomic E-state index is 13.1. The van der Waals surface area contributed by atoms with E-state index in [1.165, 1.54) is 45.5 Å². The minimum Gasteiger partial charge on any atom is -0.456 e. The predicted molar refractivity (Wildman–Crippen MR) is 139 cm³/mol. The van der Waals surface area contributed by atoms with E-state index < -0.39 is 16.0 Å². The first-order valence-electron chi connectivity index (χ1n) is 11.0. The second-order valence-corrected chi connectivity index (χ2v) is 10.5. The molecule has 0 atom stereocenters. The molecule has 0 radical (unpaired) electrons. The maximum absolute atomic E-state index is 13.1. The second-order valence-electron chi connectivity index (χ2n) is 7.74. The van der Waals surface area contributed by atoms with Gasteiger partial charge in [-0.25, -0.2) is 18.2 Å². The monoisotopic (exact) mass is 507 g/mol. The van der Waals surface area contributed by atoms with Crippen molar-refractivity contribution in [3.05, 3.63) is 101 Å². The van der Waals surface area contributed by atoms with Crippen molar-refractivity contribution >= 4 is 43.8 Å². The van der Waals surface area contributed by atoms with Crippen LogP contribution in [0.25, 0.3) is 0 Å². The van der Waals surface area contributed by atoms with E-state index in [0.29, 0.717) is 16.5 Å². The van der Waals surface area contributed by atoms with E-state index in [1.54, 1.807) is 31.2 Å². The molecule has 0 fully saturated rings. The molecule has 0 saturated heterocycles. The number of carbonyl (C=O) groups excluding carboxylic acids is 1. The van der Waals surface area contributed by atoms with E-state index in [9.17, 15) is 13.2 Å². The quantitative estimate of drug-likeness (QED) is 0.290. The number of thiazole rings is 1. The van der Waals surface area contributed by atoms with Crippen LogP contribution in [0.4, 0.5) is 16.5 Å². The number of aromatic nitrogens is 1. The number of esters is 1. The van der Waals surface area contributed by atoms with Crippen LogP contribution in [0.5, 0.6) is 0 Å². The summed E-state index contributed by atoms with van der Waals surface area (Å²) in [7, 11) is -3.76. The van der Waals surface area contributed by atoms with E-state index in [4.69, 9.17) is 4.74 Å². The highest BCUT2D eigenvalue weighted by molar-refractivity contribution is 7.92. The van der Waals surface area contributed by atoms with Gasteiger partial charge in [-0.1, -0.05) is 35.9 Å². The first-order chi connectivity index (χ1) is 16.9. The van der Waals surface area contributed by atoms with Crippen LogP contribution in [0.15, 0.2) is 89.1 Å². The van der Waals surface area contributed by atoms with Gasteiger partial charge in [0.1, 0.15) is 6.61 Å². The molecule has 4 aromatic rings. The predicted octanol–water partition coefficient (Wildman–Crippen LogP) is 5.77. The number of nitrogens with zero attached hydrogens (tertiary/aromatic N) is 2. The van der Waals surface area contributed by atoms with Crippen molar-refractivity contribution in [3.8, 4) is 0 Å². The van der Waals surface area contributed by atoms with Crippen molar-refractivity contribution in [1.29, 1.82) is 0 Å². The summed E-state index contributed by atoms with van der Waals surface area (Å²) in [5.41, 5.74) is 3.57. The van der Waals surface area contributed by atoms with Gasteiger partial charge in [0, 0.05) is 17.6 Å². The van der Waals surface area contributed by atoms with Gasteiger partial charge in [-0.2, -0.15) is 0 Å². The normalized spacial score (nSPS) is 11.1. The lowest BCUT2D eigenvalue weighted by Gasteiger charge is -2.22. The maximum Gasteiger partial charge on any atom is 0.338 e. The van der Waals surface area contributed by atoms with E-state index in [-0.39, 0.29) is 23.6 Å². The van der Waals surface area contributed by atoms with Crippen molar-refractivity contribution < 1.29 is 17.9 Å². The van der Waals surface area contributed by atoms with Gasteiger partial charge in [-0.05, 0) is 62.4 Å². The van der Waals surface area contributed by atoms with Crippen LogP contribution in [0, 0.1) is 6.92 Å². The van der Waals surface area contributed by atoms with Gasteiger partial charge in [0.05, 0.1) is 21.8 Å². The molecule has 1 aromatic heterocycles. The number of benzene rings is 3. The molecule has 0 spiro atoms. The third-order valence-electron chi connectivity index (χ3n) is 5.22. The van der Waals surface area contributed by atoms with Crippen molar-refractivity contribution in [1.82, 2.24) is 4.98 Å². The largest absolute Gasteiger partial charge is 0.456 e. The molecular weight excluding hydrogens is 482 g/mol. The van der Waals surface area contributed by atoms with Crippen LogP contribution in [0.1, 0.15) is 28.5 Å². The first-order valence-corrected chi connectivity index (χ1v) is 13.3. The van der Waals surface area contributed by atoms with E-state index in [1.807, 2.05) is 42.6 Å². The van der Waals surface area contributed by atoms with Crippen molar-refractivity contribution in [2.75, 3.05) is 16.2 Å². The fourth-order valence-corrected chi connectivity index (χ4v) is 5.58.